The highest BCUT2D eigenvalue weighted by molar-refractivity contribution is 9.10. The van der Waals surface area contributed by atoms with Gasteiger partial charge in [0.25, 0.3) is 5.91 Å². The summed E-state index contributed by atoms with van der Waals surface area (Å²) < 4.78 is 11.8. The van der Waals surface area contributed by atoms with Crippen molar-refractivity contribution < 1.29 is 14.3 Å². The fraction of sp³-hybridized carbons (Fsp3) is 0.462. The van der Waals surface area contributed by atoms with Gasteiger partial charge in [-0.3, -0.25) is 4.79 Å². The van der Waals surface area contributed by atoms with Crippen LogP contribution in [0.2, 0.25) is 0 Å². The zero-order chi connectivity index (χ0) is 13.0. The van der Waals surface area contributed by atoms with E-state index < -0.39 is 6.10 Å². The predicted molar refractivity (Wildman–Crippen MR) is 71.6 cm³/mol. The van der Waals surface area contributed by atoms with Crippen LogP contribution in [0.15, 0.2) is 28.7 Å². The molecule has 4 nitrogen and oxygen atoms in total. The molecule has 0 saturated carbocycles. The SMILES string of the molecule is C[C@H](Oc1cccc(Br)c1)C(=O)N1CCOCC1. The molecular weight excluding hydrogens is 298 g/mol. The lowest BCUT2D eigenvalue weighted by molar-refractivity contribution is -0.142. The molecule has 1 atom stereocenters. The molecule has 1 amide bonds. The number of ether oxygens (including phenoxy) is 2. The Morgan fingerprint density at radius 3 is 2.83 bits per heavy atom. The van der Waals surface area contributed by atoms with Crippen LogP contribution < -0.4 is 4.74 Å². The average molecular weight is 314 g/mol. The Labute approximate surface area is 115 Å². The van der Waals surface area contributed by atoms with Crippen LogP contribution in [0.25, 0.3) is 0 Å². The van der Waals surface area contributed by atoms with Crippen molar-refractivity contribution in [3.8, 4) is 5.75 Å². The zero-order valence-electron chi connectivity index (χ0n) is 10.3. The van der Waals surface area contributed by atoms with Crippen molar-refractivity contribution in [2.45, 2.75) is 13.0 Å². The fourth-order valence-corrected chi connectivity index (χ4v) is 2.21. The monoisotopic (exact) mass is 313 g/mol. The van der Waals surface area contributed by atoms with Gasteiger partial charge in [0, 0.05) is 17.6 Å². The van der Waals surface area contributed by atoms with Gasteiger partial charge < -0.3 is 14.4 Å². The van der Waals surface area contributed by atoms with Crippen LogP contribution in [-0.2, 0) is 9.53 Å². The maximum absolute atomic E-state index is 12.1. The van der Waals surface area contributed by atoms with Gasteiger partial charge in [-0.05, 0) is 25.1 Å². The molecule has 1 heterocycles. The summed E-state index contributed by atoms with van der Waals surface area (Å²) in [6, 6.07) is 7.49. The van der Waals surface area contributed by atoms with Crippen LogP contribution in [0, 0.1) is 0 Å². The molecule has 1 fully saturated rings. The van der Waals surface area contributed by atoms with E-state index >= 15 is 0 Å². The van der Waals surface area contributed by atoms with Crippen molar-refractivity contribution in [2.75, 3.05) is 26.3 Å². The van der Waals surface area contributed by atoms with E-state index in [4.69, 9.17) is 9.47 Å². The molecule has 5 heteroatoms. The van der Waals surface area contributed by atoms with Gasteiger partial charge in [-0.2, -0.15) is 0 Å². The molecule has 0 spiro atoms. The summed E-state index contributed by atoms with van der Waals surface area (Å²) >= 11 is 3.37. The number of hydrogen-bond donors (Lipinski definition) is 0. The van der Waals surface area contributed by atoms with E-state index in [1.807, 2.05) is 24.3 Å². The van der Waals surface area contributed by atoms with Gasteiger partial charge in [-0.15, -0.1) is 0 Å². The van der Waals surface area contributed by atoms with Crippen LogP contribution in [0.1, 0.15) is 6.92 Å². The minimum atomic E-state index is -0.475. The number of carbonyl (C=O) groups is 1. The van der Waals surface area contributed by atoms with Crippen LogP contribution in [0.5, 0.6) is 5.75 Å². The molecule has 18 heavy (non-hydrogen) atoms. The Balaban J connectivity index is 1.94. The molecule has 1 aliphatic rings. The third-order valence-corrected chi connectivity index (χ3v) is 3.27. The van der Waals surface area contributed by atoms with Crippen molar-refractivity contribution in [3.05, 3.63) is 28.7 Å². The van der Waals surface area contributed by atoms with Crippen LogP contribution >= 0.6 is 15.9 Å². The summed E-state index contributed by atoms with van der Waals surface area (Å²) in [6.45, 7) is 4.28. The highest BCUT2D eigenvalue weighted by Gasteiger charge is 2.23. The van der Waals surface area contributed by atoms with E-state index in [-0.39, 0.29) is 5.91 Å². The maximum Gasteiger partial charge on any atom is 0.263 e. The number of benzene rings is 1. The molecule has 2 rings (SSSR count). The smallest absolute Gasteiger partial charge is 0.263 e. The third-order valence-electron chi connectivity index (χ3n) is 2.78. The maximum atomic E-state index is 12.1. The van der Waals surface area contributed by atoms with Crippen LogP contribution in [0.3, 0.4) is 0 Å². The Kier molecular flexibility index (Phi) is 4.60. The Bertz CT molecular complexity index is 418. The number of nitrogens with zero attached hydrogens (tertiary/aromatic N) is 1. The summed E-state index contributed by atoms with van der Waals surface area (Å²) in [7, 11) is 0. The molecule has 0 bridgehead atoms. The molecule has 1 aromatic rings. The van der Waals surface area contributed by atoms with Gasteiger partial charge in [0.2, 0.25) is 0 Å². The normalized spacial score (nSPS) is 17.3. The second-order valence-corrected chi connectivity index (χ2v) is 5.07. The van der Waals surface area contributed by atoms with E-state index in [0.29, 0.717) is 32.1 Å². The molecule has 1 aromatic carbocycles. The highest BCUT2D eigenvalue weighted by Crippen LogP contribution is 2.19. The summed E-state index contributed by atoms with van der Waals surface area (Å²) in [6.07, 6.45) is -0.475. The van der Waals surface area contributed by atoms with Gasteiger partial charge in [-0.25, -0.2) is 0 Å². The lowest BCUT2D eigenvalue weighted by Crippen LogP contribution is -2.46. The van der Waals surface area contributed by atoms with Gasteiger partial charge in [0.05, 0.1) is 13.2 Å². The molecule has 0 unspecified atom stereocenters. The Morgan fingerprint density at radius 1 is 1.44 bits per heavy atom. The Morgan fingerprint density at radius 2 is 2.17 bits per heavy atom. The minimum absolute atomic E-state index is 0.0123. The van der Waals surface area contributed by atoms with E-state index in [9.17, 15) is 4.79 Å². The van der Waals surface area contributed by atoms with Gasteiger partial charge in [0.1, 0.15) is 5.75 Å². The number of morpholine rings is 1. The molecule has 1 aliphatic heterocycles. The van der Waals surface area contributed by atoms with E-state index in [2.05, 4.69) is 15.9 Å². The predicted octanol–water partition coefficient (Wildman–Crippen LogP) is 2.08. The van der Waals surface area contributed by atoms with Crippen molar-refractivity contribution in [2.24, 2.45) is 0 Å². The lowest BCUT2D eigenvalue weighted by atomic mass is 10.3. The quantitative estimate of drug-likeness (QED) is 0.857. The third kappa shape index (κ3) is 3.46. The molecule has 0 aromatic heterocycles. The van der Waals surface area contributed by atoms with Gasteiger partial charge in [-0.1, -0.05) is 22.0 Å². The number of halogens is 1. The number of amides is 1. The summed E-state index contributed by atoms with van der Waals surface area (Å²) in [5.41, 5.74) is 0. The molecular formula is C13H16BrNO3. The lowest BCUT2D eigenvalue weighted by Gasteiger charge is -2.29. The number of hydrogen-bond acceptors (Lipinski definition) is 3. The topological polar surface area (TPSA) is 38.8 Å². The first-order valence-corrected chi connectivity index (χ1v) is 6.75. The standard InChI is InChI=1S/C13H16BrNO3/c1-10(13(16)15-5-7-17-8-6-15)18-12-4-2-3-11(14)9-12/h2-4,9-10H,5-8H2,1H3/t10-/m0/s1. The largest absolute Gasteiger partial charge is 0.481 e. The van der Waals surface area contributed by atoms with Crippen molar-refractivity contribution in [1.29, 1.82) is 0 Å². The Hall–Kier alpha value is -1.07. The molecule has 0 radical (unpaired) electrons. The first-order valence-electron chi connectivity index (χ1n) is 5.95. The van der Waals surface area contributed by atoms with Crippen molar-refractivity contribution in [1.82, 2.24) is 4.90 Å². The summed E-state index contributed by atoms with van der Waals surface area (Å²) in [4.78, 5) is 13.9. The van der Waals surface area contributed by atoms with Crippen LogP contribution in [-0.4, -0.2) is 43.2 Å². The minimum Gasteiger partial charge on any atom is -0.481 e. The van der Waals surface area contributed by atoms with Gasteiger partial charge >= 0.3 is 0 Å². The van der Waals surface area contributed by atoms with E-state index in [0.717, 1.165) is 4.47 Å². The second-order valence-electron chi connectivity index (χ2n) is 4.16. The second kappa shape index (κ2) is 6.20. The van der Waals surface area contributed by atoms with Gasteiger partial charge in [0.15, 0.2) is 6.10 Å². The highest BCUT2D eigenvalue weighted by atomic mass is 79.9. The number of carbonyl (C=O) groups excluding carboxylic acids is 1. The van der Waals surface area contributed by atoms with E-state index in [1.54, 1.807) is 11.8 Å². The molecule has 98 valence electrons. The van der Waals surface area contributed by atoms with Crippen molar-refractivity contribution in [3.63, 3.8) is 0 Å². The van der Waals surface area contributed by atoms with Crippen molar-refractivity contribution >= 4 is 21.8 Å². The van der Waals surface area contributed by atoms with Crippen LogP contribution in [0.4, 0.5) is 0 Å². The summed E-state index contributed by atoms with van der Waals surface area (Å²) in [5.74, 6) is 0.705. The first-order chi connectivity index (χ1) is 8.66. The summed E-state index contributed by atoms with van der Waals surface area (Å²) in [5, 5.41) is 0. The number of rotatable bonds is 3. The molecule has 1 saturated heterocycles. The fourth-order valence-electron chi connectivity index (χ4n) is 1.84. The zero-order valence-corrected chi connectivity index (χ0v) is 11.9. The average Bonchev–Trinajstić information content (AvgIpc) is 2.39. The molecule has 0 aliphatic carbocycles. The first kappa shape index (κ1) is 13.4. The van der Waals surface area contributed by atoms with E-state index in [1.165, 1.54) is 0 Å². The molecule has 0 N–H and O–H groups in total.